The monoisotopic (exact) mass is 367 g/mol. The van der Waals surface area contributed by atoms with Crippen LogP contribution in [-0.2, 0) is 6.42 Å². The van der Waals surface area contributed by atoms with Gasteiger partial charge in [0.2, 0.25) is 0 Å². The molecule has 27 heavy (non-hydrogen) atoms. The largest absolute Gasteiger partial charge is 0.497 e. The van der Waals surface area contributed by atoms with Crippen molar-refractivity contribution in [1.82, 2.24) is 10.3 Å². The summed E-state index contributed by atoms with van der Waals surface area (Å²) in [6.07, 6.45) is 7.35. The van der Waals surface area contributed by atoms with E-state index >= 15 is 0 Å². The van der Waals surface area contributed by atoms with Crippen LogP contribution in [0.2, 0.25) is 0 Å². The van der Waals surface area contributed by atoms with Gasteiger partial charge in [-0.3, -0.25) is 9.78 Å². The molecule has 5 heteroatoms. The molecule has 1 saturated heterocycles. The van der Waals surface area contributed by atoms with Crippen LogP contribution in [0.1, 0.15) is 48.7 Å². The van der Waals surface area contributed by atoms with E-state index in [0.29, 0.717) is 18.3 Å². The molecule has 144 valence electrons. The van der Waals surface area contributed by atoms with Crippen LogP contribution in [0.4, 0.5) is 5.69 Å². The molecule has 1 N–H and O–H groups in total. The fourth-order valence-corrected chi connectivity index (χ4v) is 3.73. The number of amides is 1. The normalized spacial score (nSPS) is 16.8. The number of hydrogen-bond donors (Lipinski definition) is 1. The number of benzene rings is 1. The van der Waals surface area contributed by atoms with E-state index < -0.39 is 0 Å². The van der Waals surface area contributed by atoms with E-state index in [4.69, 9.17) is 4.74 Å². The minimum Gasteiger partial charge on any atom is -0.497 e. The number of hydrogen-bond acceptors (Lipinski definition) is 4. The second kappa shape index (κ2) is 9.40. The van der Waals surface area contributed by atoms with Gasteiger partial charge < -0.3 is 15.0 Å². The van der Waals surface area contributed by atoms with Crippen molar-refractivity contribution in [2.75, 3.05) is 25.1 Å². The van der Waals surface area contributed by atoms with Gasteiger partial charge >= 0.3 is 0 Å². The second-order valence-electron chi connectivity index (χ2n) is 7.01. The Balaban J connectivity index is 1.59. The smallest absolute Gasteiger partial charge is 0.269 e. The molecule has 2 aromatic rings. The molecule has 1 amide bonds. The van der Waals surface area contributed by atoms with Crippen molar-refractivity contribution in [3.05, 3.63) is 53.9 Å². The summed E-state index contributed by atoms with van der Waals surface area (Å²) in [5.74, 6) is 0.713. The second-order valence-corrected chi connectivity index (χ2v) is 7.01. The Morgan fingerprint density at radius 2 is 2.19 bits per heavy atom. The van der Waals surface area contributed by atoms with Crippen LogP contribution in [0, 0.1) is 0 Å². The highest BCUT2D eigenvalue weighted by Gasteiger charge is 2.22. The number of methoxy groups -OCH3 is 1. The quantitative estimate of drug-likeness (QED) is 0.808. The average molecular weight is 367 g/mol. The van der Waals surface area contributed by atoms with E-state index in [-0.39, 0.29) is 5.91 Å². The molecule has 1 fully saturated rings. The summed E-state index contributed by atoms with van der Waals surface area (Å²) in [4.78, 5) is 19.2. The molecule has 1 aromatic heterocycles. The molecule has 5 nitrogen and oxygen atoms in total. The number of carbonyl (C=O) groups is 1. The van der Waals surface area contributed by atoms with Gasteiger partial charge in [0.05, 0.1) is 7.11 Å². The van der Waals surface area contributed by atoms with Gasteiger partial charge in [-0.05, 0) is 61.9 Å². The van der Waals surface area contributed by atoms with Crippen LogP contribution in [-0.4, -0.2) is 37.1 Å². The fourth-order valence-electron chi connectivity index (χ4n) is 3.73. The van der Waals surface area contributed by atoms with Crippen molar-refractivity contribution in [2.24, 2.45) is 0 Å². The van der Waals surface area contributed by atoms with Crippen LogP contribution < -0.4 is 15.0 Å². The lowest BCUT2D eigenvalue weighted by Crippen LogP contribution is -2.39. The number of ether oxygens (including phenoxy) is 1. The Bertz CT molecular complexity index is 763. The number of anilines is 1. The molecule has 1 aliphatic heterocycles. The standard InChI is InChI=1S/C22H29N3O2/c1-3-18-8-4-5-14-25(18)19-11-13-23-21(16-19)22(26)24-12-10-17-7-6-9-20(15-17)27-2/h6-7,9,11,13,15-16,18H,3-5,8,10,12,14H2,1-2H3,(H,24,26). The number of rotatable bonds is 7. The first-order chi connectivity index (χ1) is 13.2. The molecule has 3 rings (SSSR count). The summed E-state index contributed by atoms with van der Waals surface area (Å²) in [6.45, 7) is 3.86. The average Bonchev–Trinajstić information content (AvgIpc) is 2.74. The highest BCUT2D eigenvalue weighted by atomic mass is 16.5. The third-order valence-electron chi connectivity index (χ3n) is 5.24. The maximum atomic E-state index is 12.5. The van der Waals surface area contributed by atoms with Crippen LogP contribution in [0.3, 0.4) is 0 Å². The summed E-state index contributed by atoms with van der Waals surface area (Å²) in [5, 5.41) is 2.98. The van der Waals surface area contributed by atoms with Gasteiger partial charge in [0.1, 0.15) is 11.4 Å². The molecule has 1 aliphatic rings. The van der Waals surface area contributed by atoms with Crippen LogP contribution >= 0.6 is 0 Å². The zero-order valence-electron chi connectivity index (χ0n) is 16.3. The Morgan fingerprint density at radius 3 is 3.00 bits per heavy atom. The number of carbonyl (C=O) groups excluding carboxylic acids is 1. The SMILES string of the molecule is CCC1CCCCN1c1ccnc(C(=O)NCCc2cccc(OC)c2)c1. The highest BCUT2D eigenvalue weighted by molar-refractivity contribution is 5.93. The Hall–Kier alpha value is -2.56. The molecule has 0 saturated carbocycles. The summed E-state index contributed by atoms with van der Waals surface area (Å²) < 4.78 is 5.24. The molecule has 2 heterocycles. The summed E-state index contributed by atoms with van der Waals surface area (Å²) >= 11 is 0. The van der Waals surface area contributed by atoms with Gasteiger partial charge in [0, 0.05) is 31.0 Å². The van der Waals surface area contributed by atoms with E-state index in [1.165, 1.54) is 19.3 Å². The molecule has 1 atom stereocenters. The van der Waals surface area contributed by atoms with Crippen molar-refractivity contribution in [3.63, 3.8) is 0 Å². The number of pyridine rings is 1. The third-order valence-corrected chi connectivity index (χ3v) is 5.24. The van der Waals surface area contributed by atoms with Gasteiger partial charge in [0.15, 0.2) is 0 Å². The van der Waals surface area contributed by atoms with Gasteiger partial charge in [-0.25, -0.2) is 0 Å². The lowest BCUT2D eigenvalue weighted by atomic mass is 9.99. The molecular weight excluding hydrogens is 338 g/mol. The zero-order chi connectivity index (χ0) is 19.1. The van der Waals surface area contributed by atoms with Crippen LogP contribution in [0.15, 0.2) is 42.6 Å². The van der Waals surface area contributed by atoms with Crippen molar-refractivity contribution >= 4 is 11.6 Å². The van der Waals surface area contributed by atoms with E-state index in [1.54, 1.807) is 13.3 Å². The summed E-state index contributed by atoms with van der Waals surface area (Å²) in [7, 11) is 1.66. The molecule has 0 bridgehead atoms. The third kappa shape index (κ3) is 5.00. The predicted molar refractivity (Wildman–Crippen MR) is 109 cm³/mol. The van der Waals surface area contributed by atoms with Gasteiger partial charge in [0.25, 0.3) is 5.91 Å². The van der Waals surface area contributed by atoms with E-state index in [2.05, 4.69) is 22.1 Å². The van der Waals surface area contributed by atoms with Crippen molar-refractivity contribution in [3.8, 4) is 5.75 Å². The first-order valence-electron chi connectivity index (χ1n) is 9.85. The van der Waals surface area contributed by atoms with Gasteiger partial charge in [-0.2, -0.15) is 0 Å². The van der Waals surface area contributed by atoms with E-state index in [0.717, 1.165) is 36.4 Å². The molecule has 1 aromatic carbocycles. The van der Waals surface area contributed by atoms with Crippen molar-refractivity contribution in [2.45, 2.75) is 45.1 Å². The number of aromatic nitrogens is 1. The molecule has 0 aliphatic carbocycles. The first-order valence-corrected chi connectivity index (χ1v) is 9.85. The van der Waals surface area contributed by atoms with Gasteiger partial charge in [-0.1, -0.05) is 19.1 Å². The maximum absolute atomic E-state index is 12.5. The Morgan fingerprint density at radius 1 is 1.30 bits per heavy atom. The van der Waals surface area contributed by atoms with Crippen molar-refractivity contribution in [1.29, 1.82) is 0 Å². The minimum absolute atomic E-state index is 0.121. The number of nitrogens with one attached hydrogen (secondary N) is 1. The molecule has 0 radical (unpaired) electrons. The molecule has 1 unspecified atom stereocenters. The predicted octanol–water partition coefficient (Wildman–Crippen LogP) is 3.83. The zero-order valence-corrected chi connectivity index (χ0v) is 16.3. The maximum Gasteiger partial charge on any atom is 0.269 e. The van der Waals surface area contributed by atoms with E-state index in [1.807, 2.05) is 36.4 Å². The summed E-state index contributed by atoms with van der Waals surface area (Å²) in [6, 6.07) is 12.4. The van der Waals surface area contributed by atoms with Gasteiger partial charge in [-0.15, -0.1) is 0 Å². The fraction of sp³-hybridized carbons (Fsp3) is 0.455. The molecular formula is C22H29N3O2. The number of nitrogens with zero attached hydrogens (tertiary/aromatic N) is 2. The lowest BCUT2D eigenvalue weighted by Gasteiger charge is -2.37. The van der Waals surface area contributed by atoms with Crippen molar-refractivity contribution < 1.29 is 9.53 Å². The lowest BCUT2D eigenvalue weighted by molar-refractivity contribution is 0.0949. The first kappa shape index (κ1) is 19.2. The Kier molecular flexibility index (Phi) is 6.69. The topological polar surface area (TPSA) is 54.5 Å². The number of piperidine rings is 1. The highest BCUT2D eigenvalue weighted by Crippen LogP contribution is 2.26. The van der Waals surface area contributed by atoms with E-state index in [9.17, 15) is 4.79 Å². The van der Waals surface area contributed by atoms with Crippen LogP contribution in [0.5, 0.6) is 5.75 Å². The summed E-state index contributed by atoms with van der Waals surface area (Å²) in [5.41, 5.74) is 2.73. The molecule has 0 spiro atoms. The van der Waals surface area contributed by atoms with Crippen LogP contribution in [0.25, 0.3) is 0 Å². The minimum atomic E-state index is -0.121. The Labute approximate surface area is 161 Å².